The van der Waals surface area contributed by atoms with Gasteiger partial charge in [-0.1, -0.05) is 34.1 Å². The Morgan fingerprint density at radius 3 is 2.57 bits per heavy atom. The molecular formula is C21H21BrN4O4. The summed E-state index contributed by atoms with van der Waals surface area (Å²) in [5.74, 6) is -1.32. The van der Waals surface area contributed by atoms with Crippen molar-refractivity contribution in [3.63, 3.8) is 0 Å². The Hall–Kier alpha value is -3.20. The zero-order valence-corrected chi connectivity index (χ0v) is 18.1. The lowest BCUT2D eigenvalue weighted by Gasteiger charge is -2.22. The molecule has 0 spiro atoms. The van der Waals surface area contributed by atoms with E-state index in [0.717, 1.165) is 9.37 Å². The number of carbonyl (C=O) groups excluding carboxylic acids is 4. The van der Waals surface area contributed by atoms with E-state index in [9.17, 15) is 19.2 Å². The molecular weight excluding hydrogens is 452 g/mol. The van der Waals surface area contributed by atoms with Crippen molar-refractivity contribution in [3.05, 3.63) is 64.1 Å². The van der Waals surface area contributed by atoms with E-state index >= 15 is 0 Å². The molecule has 156 valence electrons. The Labute approximate surface area is 182 Å². The normalized spacial score (nSPS) is 18.2. The number of carbonyl (C=O) groups is 4. The van der Waals surface area contributed by atoms with E-state index in [0.29, 0.717) is 23.4 Å². The van der Waals surface area contributed by atoms with Gasteiger partial charge in [-0.15, -0.1) is 0 Å². The van der Waals surface area contributed by atoms with Crippen LogP contribution in [-0.2, 0) is 15.1 Å². The minimum Gasteiger partial charge on any atom is -0.352 e. The molecule has 0 saturated carbocycles. The molecule has 30 heavy (non-hydrogen) atoms. The maximum absolute atomic E-state index is 12.9. The predicted octanol–water partition coefficient (Wildman–Crippen LogP) is 2.60. The highest BCUT2D eigenvalue weighted by molar-refractivity contribution is 9.10. The maximum Gasteiger partial charge on any atom is 0.325 e. The van der Waals surface area contributed by atoms with E-state index in [-0.39, 0.29) is 5.91 Å². The van der Waals surface area contributed by atoms with Crippen molar-refractivity contribution in [1.82, 2.24) is 15.5 Å². The van der Waals surface area contributed by atoms with Crippen LogP contribution in [0.5, 0.6) is 0 Å². The summed E-state index contributed by atoms with van der Waals surface area (Å²) in [5, 5.41) is 7.97. The van der Waals surface area contributed by atoms with Crippen LogP contribution >= 0.6 is 15.9 Å². The molecule has 5 amide bonds. The third-order valence-electron chi connectivity index (χ3n) is 4.72. The smallest absolute Gasteiger partial charge is 0.325 e. The summed E-state index contributed by atoms with van der Waals surface area (Å²) >= 11 is 3.36. The lowest BCUT2D eigenvalue weighted by molar-refractivity contribution is -0.133. The summed E-state index contributed by atoms with van der Waals surface area (Å²) in [6.07, 6.45) is 0. The molecule has 0 aromatic heterocycles. The zero-order valence-electron chi connectivity index (χ0n) is 16.5. The van der Waals surface area contributed by atoms with Crippen LogP contribution in [0.15, 0.2) is 53.0 Å². The molecule has 0 bridgehead atoms. The lowest BCUT2D eigenvalue weighted by Crippen LogP contribution is -2.42. The van der Waals surface area contributed by atoms with E-state index in [1.165, 1.54) is 6.07 Å². The third kappa shape index (κ3) is 4.35. The van der Waals surface area contributed by atoms with E-state index < -0.39 is 29.9 Å². The fraction of sp³-hybridized carbons (Fsp3) is 0.238. The van der Waals surface area contributed by atoms with Crippen molar-refractivity contribution in [2.24, 2.45) is 0 Å². The molecule has 0 aliphatic carbocycles. The minimum absolute atomic E-state index is 0.257. The molecule has 1 aliphatic rings. The Bertz CT molecular complexity index is 1030. The number of halogens is 1. The minimum atomic E-state index is -1.26. The number of amides is 5. The first-order valence-electron chi connectivity index (χ1n) is 9.33. The van der Waals surface area contributed by atoms with Crippen LogP contribution in [0.4, 0.5) is 10.5 Å². The van der Waals surface area contributed by atoms with Gasteiger partial charge in [0.15, 0.2) is 0 Å². The Kier molecular flexibility index (Phi) is 6.21. The standard InChI is InChI=1S/C21H21BrN4O4/c1-3-23-18(28)13-6-4-9-16(10-13)24-17(27)12-26-19(29)21(2,25-20(26)30)14-7-5-8-15(22)11-14/h4-11H,3,12H2,1-2H3,(H,23,28)(H,24,27)(H,25,30)/t21-/m1/s1. The lowest BCUT2D eigenvalue weighted by atomic mass is 9.92. The maximum atomic E-state index is 12.9. The van der Waals surface area contributed by atoms with E-state index in [4.69, 9.17) is 0 Å². The summed E-state index contributed by atoms with van der Waals surface area (Å²) in [4.78, 5) is 50.7. The molecule has 2 aromatic rings. The summed E-state index contributed by atoms with van der Waals surface area (Å²) in [5.41, 5.74) is 0.129. The predicted molar refractivity (Wildman–Crippen MR) is 115 cm³/mol. The number of rotatable bonds is 6. The van der Waals surface area contributed by atoms with Crippen LogP contribution in [0.3, 0.4) is 0 Å². The monoisotopic (exact) mass is 472 g/mol. The van der Waals surface area contributed by atoms with Crippen molar-refractivity contribution < 1.29 is 19.2 Å². The highest BCUT2D eigenvalue weighted by Gasteiger charge is 2.49. The highest BCUT2D eigenvalue weighted by Crippen LogP contribution is 2.30. The molecule has 8 nitrogen and oxygen atoms in total. The Morgan fingerprint density at radius 1 is 1.13 bits per heavy atom. The second-order valence-corrected chi connectivity index (χ2v) is 7.86. The summed E-state index contributed by atoms with van der Waals surface area (Å²) in [6, 6.07) is 12.8. The number of urea groups is 1. The van der Waals surface area contributed by atoms with Gasteiger partial charge in [-0.3, -0.25) is 19.3 Å². The fourth-order valence-corrected chi connectivity index (χ4v) is 3.58. The van der Waals surface area contributed by atoms with Gasteiger partial charge in [-0.25, -0.2) is 4.79 Å². The van der Waals surface area contributed by atoms with Crippen LogP contribution in [-0.4, -0.2) is 41.7 Å². The number of imide groups is 1. The van der Waals surface area contributed by atoms with Gasteiger partial charge in [0.1, 0.15) is 12.1 Å². The van der Waals surface area contributed by atoms with Crippen LogP contribution in [0.25, 0.3) is 0 Å². The molecule has 1 aliphatic heterocycles. The van der Waals surface area contributed by atoms with E-state index in [1.807, 2.05) is 13.0 Å². The van der Waals surface area contributed by atoms with Gasteiger partial charge in [-0.2, -0.15) is 0 Å². The molecule has 0 unspecified atom stereocenters. The molecule has 2 aromatic carbocycles. The number of nitrogens with zero attached hydrogens (tertiary/aromatic N) is 1. The van der Waals surface area contributed by atoms with Gasteiger partial charge < -0.3 is 16.0 Å². The Morgan fingerprint density at radius 2 is 1.87 bits per heavy atom. The second-order valence-electron chi connectivity index (χ2n) is 6.95. The van der Waals surface area contributed by atoms with E-state index in [1.54, 1.807) is 43.3 Å². The summed E-state index contributed by atoms with van der Waals surface area (Å²) < 4.78 is 0.770. The Balaban J connectivity index is 1.71. The van der Waals surface area contributed by atoms with Gasteiger partial charge in [0.25, 0.3) is 11.8 Å². The quantitative estimate of drug-likeness (QED) is 0.561. The first-order chi connectivity index (χ1) is 14.2. The van der Waals surface area contributed by atoms with Gasteiger partial charge in [0, 0.05) is 22.3 Å². The highest BCUT2D eigenvalue weighted by atomic mass is 79.9. The summed E-state index contributed by atoms with van der Waals surface area (Å²) in [7, 11) is 0. The first kappa shape index (κ1) is 21.5. The molecule has 1 saturated heterocycles. The van der Waals surface area contributed by atoms with Crippen molar-refractivity contribution in [3.8, 4) is 0 Å². The van der Waals surface area contributed by atoms with Gasteiger partial charge in [-0.05, 0) is 49.7 Å². The largest absolute Gasteiger partial charge is 0.352 e. The van der Waals surface area contributed by atoms with Gasteiger partial charge in [0.2, 0.25) is 5.91 Å². The number of benzene rings is 2. The van der Waals surface area contributed by atoms with Crippen molar-refractivity contribution >= 4 is 45.4 Å². The molecule has 1 heterocycles. The van der Waals surface area contributed by atoms with Gasteiger partial charge in [0.05, 0.1) is 0 Å². The van der Waals surface area contributed by atoms with Crippen LogP contribution in [0, 0.1) is 0 Å². The number of hydrogen-bond acceptors (Lipinski definition) is 4. The topological polar surface area (TPSA) is 108 Å². The van der Waals surface area contributed by atoms with Crippen molar-refractivity contribution in [2.45, 2.75) is 19.4 Å². The number of hydrogen-bond donors (Lipinski definition) is 3. The van der Waals surface area contributed by atoms with Crippen LogP contribution < -0.4 is 16.0 Å². The molecule has 1 fully saturated rings. The average Bonchev–Trinajstić information content (AvgIpc) is 2.92. The second kappa shape index (κ2) is 8.66. The number of nitrogens with one attached hydrogen (secondary N) is 3. The molecule has 0 radical (unpaired) electrons. The molecule has 3 N–H and O–H groups in total. The molecule has 1 atom stereocenters. The number of anilines is 1. The van der Waals surface area contributed by atoms with Gasteiger partial charge >= 0.3 is 6.03 Å². The molecule has 3 rings (SSSR count). The van der Waals surface area contributed by atoms with Crippen LogP contribution in [0.1, 0.15) is 29.8 Å². The zero-order chi connectivity index (χ0) is 21.9. The molecule has 9 heteroatoms. The van der Waals surface area contributed by atoms with E-state index in [2.05, 4.69) is 31.9 Å². The average molecular weight is 473 g/mol. The van der Waals surface area contributed by atoms with Crippen molar-refractivity contribution in [2.75, 3.05) is 18.4 Å². The first-order valence-corrected chi connectivity index (χ1v) is 10.1. The fourth-order valence-electron chi connectivity index (χ4n) is 3.18. The summed E-state index contributed by atoms with van der Waals surface area (Å²) in [6.45, 7) is 3.45. The van der Waals surface area contributed by atoms with Crippen molar-refractivity contribution in [1.29, 1.82) is 0 Å². The van der Waals surface area contributed by atoms with Crippen LogP contribution in [0.2, 0.25) is 0 Å². The third-order valence-corrected chi connectivity index (χ3v) is 5.22. The SMILES string of the molecule is CCNC(=O)c1cccc(NC(=O)CN2C(=O)N[C@](C)(c3cccc(Br)c3)C2=O)c1.